The van der Waals surface area contributed by atoms with Crippen molar-refractivity contribution in [3.05, 3.63) is 65.5 Å². The van der Waals surface area contributed by atoms with Gasteiger partial charge in [0.25, 0.3) is 0 Å². The van der Waals surface area contributed by atoms with Gasteiger partial charge in [-0.25, -0.2) is 4.39 Å². The first-order chi connectivity index (χ1) is 10.6. The molecule has 0 spiro atoms. The minimum Gasteiger partial charge on any atom is -0.324 e. The van der Waals surface area contributed by atoms with Gasteiger partial charge in [-0.2, -0.15) is 5.26 Å². The molecule has 0 aliphatic heterocycles. The van der Waals surface area contributed by atoms with Crippen LogP contribution in [-0.2, 0) is 11.3 Å². The molecule has 4 nitrogen and oxygen atoms in total. The number of halogens is 1. The number of amides is 1. The molecule has 2 rings (SSSR count). The van der Waals surface area contributed by atoms with Gasteiger partial charge in [-0.1, -0.05) is 30.3 Å². The summed E-state index contributed by atoms with van der Waals surface area (Å²) in [7, 11) is 1.74. The van der Waals surface area contributed by atoms with Gasteiger partial charge in [0.15, 0.2) is 0 Å². The lowest BCUT2D eigenvalue weighted by Gasteiger charge is -2.17. The van der Waals surface area contributed by atoms with Crippen molar-refractivity contribution in [3.63, 3.8) is 0 Å². The highest BCUT2D eigenvalue weighted by Crippen LogP contribution is 2.14. The van der Waals surface area contributed by atoms with Gasteiger partial charge in [-0.15, -0.1) is 0 Å². The Hall–Kier alpha value is -2.71. The molecular formula is C17H16FN3O. The zero-order chi connectivity index (χ0) is 15.9. The maximum absolute atomic E-state index is 13.6. The van der Waals surface area contributed by atoms with Crippen molar-refractivity contribution in [2.45, 2.75) is 6.54 Å². The molecule has 0 atom stereocenters. The predicted molar refractivity (Wildman–Crippen MR) is 82.5 cm³/mol. The van der Waals surface area contributed by atoms with Gasteiger partial charge in [0, 0.05) is 12.1 Å². The first-order valence-electron chi connectivity index (χ1n) is 6.81. The Bertz CT molecular complexity index is 709. The lowest BCUT2D eigenvalue weighted by atomic mass is 10.2. The molecule has 0 radical (unpaired) electrons. The fourth-order valence-corrected chi connectivity index (χ4v) is 2.10. The second-order valence-electron chi connectivity index (χ2n) is 4.97. The number of rotatable bonds is 5. The highest BCUT2D eigenvalue weighted by molar-refractivity contribution is 5.93. The molecule has 2 aromatic rings. The van der Waals surface area contributed by atoms with E-state index in [0.717, 1.165) is 0 Å². The molecule has 112 valence electrons. The van der Waals surface area contributed by atoms with Crippen LogP contribution in [0.3, 0.4) is 0 Å². The number of para-hydroxylation sites is 1. The smallest absolute Gasteiger partial charge is 0.238 e. The van der Waals surface area contributed by atoms with Gasteiger partial charge < -0.3 is 5.32 Å². The van der Waals surface area contributed by atoms with Crippen LogP contribution in [0.5, 0.6) is 0 Å². The summed E-state index contributed by atoms with van der Waals surface area (Å²) >= 11 is 0. The molecule has 0 aliphatic rings. The number of hydrogen-bond donors (Lipinski definition) is 1. The van der Waals surface area contributed by atoms with Gasteiger partial charge in [0.1, 0.15) is 11.9 Å². The molecule has 0 saturated carbocycles. The van der Waals surface area contributed by atoms with Crippen molar-refractivity contribution in [3.8, 4) is 6.07 Å². The van der Waals surface area contributed by atoms with E-state index in [4.69, 9.17) is 5.26 Å². The largest absolute Gasteiger partial charge is 0.324 e. The lowest BCUT2D eigenvalue weighted by Crippen LogP contribution is -2.30. The zero-order valence-electron chi connectivity index (χ0n) is 12.2. The Balaban J connectivity index is 1.95. The van der Waals surface area contributed by atoms with Crippen molar-refractivity contribution in [2.24, 2.45) is 0 Å². The van der Waals surface area contributed by atoms with Crippen molar-refractivity contribution >= 4 is 11.6 Å². The van der Waals surface area contributed by atoms with Crippen LogP contribution in [-0.4, -0.2) is 24.4 Å². The summed E-state index contributed by atoms with van der Waals surface area (Å²) in [6, 6.07) is 15.3. The van der Waals surface area contributed by atoms with E-state index < -0.39 is 0 Å². The SMILES string of the molecule is CN(CC(=O)Nc1ccccc1C#N)Cc1ccccc1F. The summed E-state index contributed by atoms with van der Waals surface area (Å²) in [5, 5.41) is 11.7. The molecule has 0 bridgehead atoms. The quantitative estimate of drug-likeness (QED) is 0.923. The fraction of sp³-hybridized carbons (Fsp3) is 0.176. The second kappa shape index (κ2) is 7.34. The number of nitriles is 1. The van der Waals surface area contributed by atoms with Crippen LogP contribution >= 0.6 is 0 Å². The number of anilines is 1. The Labute approximate surface area is 128 Å². The second-order valence-corrected chi connectivity index (χ2v) is 4.97. The molecule has 0 unspecified atom stereocenters. The van der Waals surface area contributed by atoms with Crippen LogP contribution in [0.25, 0.3) is 0 Å². The van der Waals surface area contributed by atoms with Gasteiger partial charge in [-0.05, 0) is 25.2 Å². The molecule has 22 heavy (non-hydrogen) atoms. The van der Waals surface area contributed by atoms with Crippen molar-refractivity contribution in [1.82, 2.24) is 4.90 Å². The number of benzene rings is 2. The number of carbonyl (C=O) groups excluding carboxylic acids is 1. The predicted octanol–water partition coefficient (Wildman–Crippen LogP) is 2.77. The maximum Gasteiger partial charge on any atom is 0.238 e. The van der Waals surface area contributed by atoms with Gasteiger partial charge in [0.05, 0.1) is 17.8 Å². The van der Waals surface area contributed by atoms with Crippen molar-refractivity contribution in [2.75, 3.05) is 18.9 Å². The molecule has 0 aromatic heterocycles. The Morgan fingerprint density at radius 3 is 2.64 bits per heavy atom. The summed E-state index contributed by atoms with van der Waals surface area (Å²) in [5.74, 6) is -0.536. The van der Waals surface area contributed by atoms with E-state index in [1.54, 1.807) is 54.4 Å². The number of hydrogen-bond acceptors (Lipinski definition) is 3. The number of nitrogens with one attached hydrogen (secondary N) is 1. The zero-order valence-corrected chi connectivity index (χ0v) is 12.2. The lowest BCUT2D eigenvalue weighted by molar-refractivity contribution is -0.117. The van der Waals surface area contributed by atoms with E-state index >= 15 is 0 Å². The summed E-state index contributed by atoms with van der Waals surface area (Å²) < 4.78 is 13.6. The minimum atomic E-state index is -0.287. The van der Waals surface area contributed by atoms with Gasteiger partial charge in [0.2, 0.25) is 5.91 Å². The van der Waals surface area contributed by atoms with E-state index in [0.29, 0.717) is 23.4 Å². The molecule has 0 saturated heterocycles. The molecule has 0 heterocycles. The monoisotopic (exact) mass is 297 g/mol. The summed E-state index contributed by atoms with van der Waals surface area (Å²) in [6.07, 6.45) is 0. The fourth-order valence-electron chi connectivity index (χ4n) is 2.10. The molecular weight excluding hydrogens is 281 g/mol. The number of nitrogens with zero attached hydrogens (tertiary/aromatic N) is 2. The minimum absolute atomic E-state index is 0.105. The Kier molecular flexibility index (Phi) is 5.23. The molecule has 1 amide bonds. The van der Waals surface area contributed by atoms with Crippen LogP contribution in [0.4, 0.5) is 10.1 Å². The molecule has 2 aromatic carbocycles. The van der Waals surface area contributed by atoms with E-state index in [-0.39, 0.29) is 18.3 Å². The van der Waals surface area contributed by atoms with E-state index in [1.807, 2.05) is 6.07 Å². The average Bonchev–Trinajstić information content (AvgIpc) is 2.50. The summed E-state index contributed by atoms with van der Waals surface area (Å²) in [4.78, 5) is 13.7. The average molecular weight is 297 g/mol. The summed E-state index contributed by atoms with van der Waals surface area (Å²) in [6.45, 7) is 0.439. The highest BCUT2D eigenvalue weighted by atomic mass is 19.1. The maximum atomic E-state index is 13.6. The first-order valence-corrected chi connectivity index (χ1v) is 6.81. The van der Waals surface area contributed by atoms with Crippen LogP contribution in [0, 0.1) is 17.1 Å². The van der Waals surface area contributed by atoms with E-state index in [9.17, 15) is 9.18 Å². The molecule has 0 aliphatic carbocycles. The van der Waals surface area contributed by atoms with Crippen LogP contribution in [0.15, 0.2) is 48.5 Å². The first kappa shape index (κ1) is 15.7. The van der Waals surface area contributed by atoms with Crippen molar-refractivity contribution < 1.29 is 9.18 Å². The summed E-state index contributed by atoms with van der Waals surface area (Å²) in [5.41, 5.74) is 1.43. The normalized spacial score (nSPS) is 10.3. The van der Waals surface area contributed by atoms with Gasteiger partial charge in [-0.3, -0.25) is 9.69 Å². The van der Waals surface area contributed by atoms with E-state index in [1.165, 1.54) is 6.07 Å². The highest BCUT2D eigenvalue weighted by Gasteiger charge is 2.11. The molecule has 5 heteroatoms. The van der Waals surface area contributed by atoms with Crippen LogP contribution < -0.4 is 5.32 Å². The van der Waals surface area contributed by atoms with E-state index in [2.05, 4.69) is 5.32 Å². The standard InChI is InChI=1S/C17H16FN3O/c1-21(11-14-7-2-4-8-15(14)18)12-17(22)20-16-9-5-3-6-13(16)10-19/h2-9H,11-12H2,1H3,(H,20,22). The third kappa shape index (κ3) is 4.14. The molecule has 1 N–H and O–H groups in total. The van der Waals surface area contributed by atoms with Crippen LogP contribution in [0.2, 0.25) is 0 Å². The topological polar surface area (TPSA) is 56.1 Å². The third-order valence-electron chi connectivity index (χ3n) is 3.13. The van der Waals surface area contributed by atoms with Crippen molar-refractivity contribution in [1.29, 1.82) is 5.26 Å². The number of likely N-dealkylation sites (N-methyl/N-ethyl adjacent to an activating group) is 1. The van der Waals surface area contributed by atoms with Crippen LogP contribution in [0.1, 0.15) is 11.1 Å². The third-order valence-corrected chi connectivity index (χ3v) is 3.13. The van der Waals surface area contributed by atoms with Gasteiger partial charge >= 0.3 is 0 Å². The number of carbonyl (C=O) groups is 1. The Morgan fingerprint density at radius 1 is 1.23 bits per heavy atom. The Morgan fingerprint density at radius 2 is 1.91 bits per heavy atom. The molecule has 0 fully saturated rings.